The van der Waals surface area contributed by atoms with Gasteiger partial charge in [0.1, 0.15) is 5.82 Å². The third-order valence-corrected chi connectivity index (χ3v) is 2.32. The third kappa shape index (κ3) is 3.29. The van der Waals surface area contributed by atoms with E-state index in [-0.39, 0.29) is 11.9 Å². The summed E-state index contributed by atoms with van der Waals surface area (Å²) < 4.78 is 18.7. The summed E-state index contributed by atoms with van der Waals surface area (Å²) in [6.07, 6.45) is 0. The van der Waals surface area contributed by atoms with E-state index in [2.05, 4.69) is 5.32 Å². The molecular formula is C12H18FNO. The van der Waals surface area contributed by atoms with Gasteiger partial charge in [0.15, 0.2) is 0 Å². The summed E-state index contributed by atoms with van der Waals surface area (Å²) in [5.74, 6) is -0.169. The van der Waals surface area contributed by atoms with Crippen molar-refractivity contribution in [3.63, 3.8) is 0 Å². The molecule has 0 spiro atoms. The van der Waals surface area contributed by atoms with Crippen LogP contribution in [0.15, 0.2) is 18.2 Å². The van der Waals surface area contributed by atoms with Gasteiger partial charge in [-0.3, -0.25) is 0 Å². The summed E-state index contributed by atoms with van der Waals surface area (Å²) >= 11 is 0. The van der Waals surface area contributed by atoms with E-state index < -0.39 is 0 Å². The van der Waals surface area contributed by atoms with Crippen molar-refractivity contribution in [2.45, 2.75) is 19.9 Å². The number of halogens is 1. The van der Waals surface area contributed by atoms with Gasteiger partial charge in [0, 0.05) is 12.7 Å². The quantitative estimate of drug-likeness (QED) is 0.807. The first kappa shape index (κ1) is 12.1. The van der Waals surface area contributed by atoms with Gasteiger partial charge in [0.2, 0.25) is 0 Å². The molecule has 1 unspecified atom stereocenters. The molecule has 0 aliphatic rings. The van der Waals surface area contributed by atoms with Crippen molar-refractivity contribution in [1.29, 1.82) is 0 Å². The Morgan fingerprint density at radius 1 is 1.47 bits per heavy atom. The molecule has 0 aliphatic heterocycles. The lowest BCUT2D eigenvalue weighted by atomic mass is 10.0. The van der Waals surface area contributed by atoms with Crippen LogP contribution in [0.1, 0.15) is 24.1 Å². The Bertz CT molecular complexity index is 308. The Kier molecular flexibility index (Phi) is 4.72. The lowest BCUT2D eigenvalue weighted by Crippen LogP contribution is -2.25. The average molecular weight is 211 g/mol. The molecule has 1 aromatic carbocycles. The maximum Gasteiger partial charge on any atom is 0.128 e. The van der Waals surface area contributed by atoms with Crippen LogP contribution in [0.2, 0.25) is 0 Å². The molecule has 0 aromatic heterocycles. The van der Waals surface area contributed by atoms with Gasteiger partial charge >= 0.3 is 0 Å². The normalized spacial score (nSPS) is 12.8. The molecule has 0 bridgehead atoms. The predicted molar refractivity (Wildman–Crippen MR) is 59.4 cm³/mol. The largest absolute Gasteiger partial charge is 0.383 e. The minimum Gasteiger partial charge on any atom is -0.383 e. The molecule has 2 nitrogen and oxygen atoms in total. The van der Waals surface area contributed by atoms with Gasteiger partial charge in [-0.2, -0.15) is 0 Å². The number of rotatable bonds is 5. The number of methoxy groups -OCH3 is 1. The fourth-order valence-corrected chi connectivity index (χ4v) is 1.59. The second-order valence-electron chi connectivity index (χ2n) is 3.59. The van der Waals surface area contributed by atoms with E-state index in [1.54, 1.807) is 13.2 Å². The van der Waals surface area contributed by atoms with E-state index in [1.807, 2.05) is 26.0 Å². The van der Waals surface area contributed by atoms with Gasteiger partial charge in [-0.05, 0) is 25.1 Å². The molecule has 0 fully saturated rings. The first-order valence-electron chi connectivity index (χ1n) is 5.17. The number of hydrogen-bond donors (Lipinski definition) is 1. The molecule has 0 aliphatic carbocycles. The predicted octanol–water partition coefficient (Wildman–Crippen LogP) is 2.43. The molecule has 0 amide bonds. The minimum absolute atomic E-state index is 0.0689. The smallest absolute Gasteiger partial charge is 0.128 e. The van der Waals surface area contributed by atoms with Crippen LogP contribution in [-0.2, 0) is 4.74 Å². The van der Waals surface area contributed by atoms with Crippen LogP contribution >= 0.6 is 0 Å². The van der Waals surface area contributed by atoms with E-state index >= 15 is 0 Å². The van der Waals surface area contributed by atoms with Crippen LogP contribution in [-0.4, -0.2) is 20.3 Å². The molecule has 1 atom stereocenters. The zero-order chi connectivity index (χ0) is 11.3. The van der Waals surface area contributed by atoms with Crippen LogP contribution in [0.25, 0.3) is 0 Å². The van der Waals surface area contributed by atoms with E-state index in [1.165, 1.54) is 0 Å². The fraction of sp³-hybridized carbons (Fsp3) is 0.500. The molecule has 0 radical (unpaired) electrons. The van der Waals surface area contributed by atoms with Crippen molar-refractivity contribution in [2.75, 3.05) is 20.3 Å². The summed E-state index contributed by atoms with van der Waals surface area (Å²) in [4.78, 5) is 0. The lowest BCUT2D eigenvalue weighted by Gasteiger charge is -2.18. The summed E-state index contributed by atoms with van der Waals surface area (Å²) in [5.41, 5.74) is 1.60. The molecular weight excluding hydrogens is 193 g/mol. The van der Waals surface area contributed by atoms with Gasteiger partial charge in [-0.25, -0.2) is 4.39 Å². The summed E-state index contributed by atoms with van der Waals surface area (Å²) in [6, 6.07) is 5.21. The number of hydrogen-bond acceptors (Lipinski definition) is 2. The maximum absolute atomic E-state index is 13.7. The molecule has 1 N–H and O–H groups in total. The van der Waals surface area contributed by atoms with Crippen molar-refractivity contribution >= 4 is 0 Å². The highest BCUT2D eigenvalue weighted by Crippen LogP contribution is 2.18. The van der Waals surface area contributed by atoms with Gasteiger partial charge in [0.25, 0.3) is 0 Å². The van der Waals surface area contributed by atoms with Gasteiger partial charge in [-0.1, -0.05) is 19.1 Å². The third-order valence-electron chi connectivity index (χ3n) is 2.32. The van der Waals surface area contributed by atoms with Crippen molar-refractivity contribution in [2.24, 2.45) is 0 Å². The topological polar surface area (TPSA) is 21.3 Å². The van der Waals surface area contributed by atoms with E-state index in [0.717, 1.165) is 12.1 Å². The van der Waals surface area contributed by atoms with Crippen LogP contribution in [0.4, 0.5) is 4.39 Å². The molecule has 3 heteroatoms. The Hall–Kier alpha value is -0.930. The van der Waals surface area contributed by atoms with Gasteiger partial charge in [0.05, 0.1) is 12.6 Å². The molecule has 0 heterocycles. The Morgan fingerprint density at radius 2 is 2.20 bits per heavy atom. The molecule has 15 heavy (non-hydrogen) atoms. The van der Waals surface area contributed by atoms with E-state index in [4.69, 9.17) is 4.74 Å². The zero-order valence-electron chi connectivity index (χ0n) is 9.51. The van der Waals surface area contributed by atoms with E-state index in [9.17, 15) is 4.39 Å². The second kappa shape index (κ2) is 5.83. The van der Waals surface area contributed by atoms with Gasteiger partial charge < -0.3 is 10.1 Å². The first-order chi connectivity index (χ1) is 7.19. The number of ether oxygens (including phenoxy) is 1. The van der Waals surface area contributed by atoms with Crippen LogP contribution in [0.3, 0.4) is 0 Å². The lowest BCUT2D eigenvalue weighted by molar-refractivity contribution is 0.166. The Labute approximate surface area is 90.4 Å². The molecule has 1 rings (SSSR count). The SMILES string of the molecule is CCNC(COC)c1ccc(C)cc1F. The number of likely N-dealkylation sites (N-methyl/N-ethyl adjacent to an activating group) is 1. The number of benzene rings is 1. The van der Waals surface area contributed by atoms with Crippen molar-refractivity contribution in [3.05, 3.63) is 35.1 Å². The number of nitrogens with one attached hydrogen (secondary N) is 1. The summed E-state index contributed by atoms with van der Waals surface area (Å²) in [6.45, 7) is 5.15. The zero-order valence-corrected chi connectivity index (χ0v) is 9.51. The highest BCUT2D eigenvalue weighted by Gasteiger charge is 2.14. The Morgan fingerprint density at radius 3 is 2.73 bits per heavy atom. The highest BCUT2D eigenvalue weighted by atomic mass is 19.1. The first-order valence-corrected chi connectivity index (χ1v) is 5.17. The van der Waals surface area contributed by atoms with E-state index in [0.29, 0.717) is 12.2 Å². The van der Waals surface area contributed by atoms with Crippen molar-refractivity contribution in [1.82, 2.24) is 5.32 Å². The van der Waals surface area contributed by atoms with Crippen LogP contribution in [0.5, 0.6) is 0 Å². The maximum atomic E-state index is 13.7. The average Bonchev–Trinajstić information content (AvgIpc) is 2.17. The molecule has 1 aromatic rings. The fourth-order valence-electron chi connectivity index (χ4n) is 1.59. The summed E-state index contributed by atoms with van der Waals surface area (Å²) in [5, 5.41) is 3.20. The highest BCUT2D eigenvalue weighted by molar-refractivity contribution is 5.26. The Balaban J connectivity index is 2.89. The van der Waals surface area contributed by atoms with Gasteiger partial charge in [-0.15, -0.1) is 0 Å². The molecule has 84 valence electrons. The van der Waals surface area contributed by atoms with Crippen molar-refractivity contribution in [3.8, 4) is 0 Å². The standard InChI is InChI=1S/C12H18FNO/c1-4-14-12(8-15-3)10-6-5-9(2)7-11(10)13/h5-7,12,14H,4,8H2,1-3H3. The van der Waals surface area contributed by atoms with Crippen LogP contribution < -0.4 is 5.32 Å². The number of aryl methyl sites for hydroxylation is 1. The summed E-state index contributed by atoms with van der Waals surface area (Å²) in [7, 11) is 1.62. The van der Waals surface area contributed by atoms with Crippen LogP contribution in [0, 0.1) is 12.7 Å². The molecule has 0 saturated carbocycles. The second-order valence-corrected chi connectivity index (χ2v) is 3.59. The minimum atomic E-state index is -0.169. The van der Waals surface area contributed by atoms with Crippen molar-refractivity contribution < 1.29 is 9.13 Å². The monoisotopic (exact) mass is 211 g/mol. The molecule has 0 saturated heterocycles.